The molecular formula is C20H15Cl2N3OS. The minimum Gasteiger partial charge on any atom is -0.342 e. The topological polar surface area (TPSA) is 37.3 Å². The van der Waals surface area contributed by atoms with Gasteiger partial charge in [-0.2, -0.15) is 0 Å². The molecular weight excluding hydrogens is 401 g/mol. The van der Waals surface area contributed by atoms with E-state index < -0.39 is 0 Å². The maximum atomic E-state index is 12.3. The molecule has 7 heteroatoms. The van der Waals surface area contributed by atoms with E-state index in [2.05, 4.69) is 9.88 Å². The summed E-state index contributed by atoms with van der Waals surface area (Å²) in [7, 11) is 1.66. The number of rotatable bonds is 3. The van der Waals surface area contributed by atoms with Gasteiger partial charge >= 0.3 is 0 Å². The third-order valence-corrected chi connectivity index (χ3v) is 5.52. The van der Waals surface area contributed by atoms with Gasteiger partial charge in [-0.25, -0.2) is 0 Å². The predicted molar refractivity (Wildman–Crippen MR) is 114 cm³/mol. The fourth-order valence-corrected chi connectivity index (χ4v) is 3.79. The van der Waals surface area contributed by atoms with Crippen LogP contribution in [0.4, 0.5) is 0 Å². The maximum absolute atomic E-state index is 12.3. The van der Waals surface area contributed by atoms with Crippen LogP contribution >= 0.6 is 35.4 Å². The summed E-state index contributed by atoms with van der Waals surface area (Å²) in [6.45, 7) is 0.597. The third kappa shape index (κ3) is 3.34. The molecule has 4 nitrogen and oxygen atoms in total. The summed E-state index contributed by atoms with van der Waals surface area (Å²) < 4.78 is 2.11. The van der Waals surface area contributed by atoms with Gasteiger partial charge in [0.2, 0.25) is 0 Å². The van der Waals surface area contributed by atoms with Crippen molar-refractivity contribution in [2.45, 2.75) is 6.54 Å². The zero-order chi connectivity index (χ0) is 19.1. The highest BCUT2D eigenvalue weighted by atomic mass is 35.5. The number of hydrogen-bond donors (Lipinski definition) is 1. The molecule has 1 N–H and O–H groups in total. The van der Waals surface area contributed by atoms with Gasteiger partial charge in [-0.15, -0.1) is 0 Å². The van der Waals surface area contributed by atoms with Crippen LogP contribution in [0, 0.1) is 0 Å². The first-order valence-electron chi connectivity index (χ1n) is 8.26. The van der Waals surface area contributed by atoms with Gasteiger partial charge in [0, 0.05) is 46.3 Å². The Morgan fingerprint density at radius 2 is 1.96 bits per heavy atom. The molecule has 4 rings (SSSR count). The summed E-state index contributed by atoms with van der Waals surface area (Å²) in [6.07, 6.45) is 3.85. The molecule has 1 aliphatic rings. The van der Waals surface area contributed by atoms with E-state index in [0.717, 1.165) is 22.0 Å². The van der Waals surface area contributed by atoms with E-state index in [9.17, 15) is 4.79 Å². The standard InChI is InChI=1S/C20H15Cl2N3OS/c1-24-19(26)17(23-20(24)27)8-13-11-25(18-5-3-2-4-15(13)18)10-12-6-7-14(21)9-16(12)22/h2-9,11H,10H2,1H3,(H,23,27)/b17-8+. The number of nitrogens with zero attached hydrogens (tertiary/aromatic N) is 2. The number of nitrogens with one attached hydrogen (secondary N) is 1. The summed E-state index contributed by atoms with van der Waals surface area (Å²) in [4.78, 5) is 13.7. The first kappa shape index (κ1) is 18.0. The highest BCUT2D eigenvalue weighted by Gasteiger charge is 2.27. The number of amides is 1. The number of carbonyl (C=O) groups is 1. The second-order valence-corrected chi connectivity index (χ2v) is 7.55. The number of thiocarbonyl (C=S) groups is 1. The number of halogens is 2. The Balaban J connectivity index is 1.78. The summed E-state index contributed by atoms with van der Waals surface area (Å²) in [5.41, 5.74) is 3.42. The van der Waals surface area contributed by atoms with Crippen molar-refractivity contribution < 1.29 is 4.79 Å². The van der Waals surface area contributed by atoms with Crippen LogP contribution < -0.4 is 5.32 Å². The van der Waals surface area contributed by atoms with E-state index in [-0.39, 0.29) is 5.91 Å². The number of fused-ring (bicyclic) bond motifs is 1. The van der Waals surface area contributed by atoms with Gasteiger partial charge in [0.15, 0.2) is 5.11 Å². The number of likely N-dealkylation sites (N-methyl/N-ethyl adjacent to an activating group) is 1. The molecule has 1 aliphatic heterocycles. The largest absolute Gasteiger partial charge is 0.342 e. The SMILES string of the molecule is CN1C(=O)/C(=C\c2cn(Cc3ccc(Cl)cc3Cl)c3ccccc23)NC1=S. The van der Waals surface area contributed by atoms with Crippen LogP contribution in [0.3, 0.4) is 0 Å². The second-order valence-electron chi connectivity index (χ2n) is 6.32. The molecule has 3 aromatic rings. The normalized spacial score (nSPS) is 15.8. The first-order chi connectivity index (χ1) is 12.9. The molecule has 1 fully saturated rings. The smallest absolute Gasteiger partial charge is 0.276 e. The van der Waals surface area contributed by atoms with Crippen molar-refractivity contribution in [1.82, 2.24) is 14.8 Å². The van der Waals surface area contributed by atoms with Gasteiger partial charge < -0.3 is 9.88 Å². The van der Waals surface area contributed by atoms with Crippen LogP contribution in [0.15, 0.2) is 54.4 Å². The highest BCUT2D eigenvalue weighted by molar-refractivity contribution is 7.80. The van der Waals surface area contributed by atoms with Crippen LogP contribution in [-0.4, -0.2) is 27.5 Å². The molecule has 0 atom stereocenters. The number of aromatic nitrogens is 1. The molecule has 0 spiro atoms. The van der Waals surface area contributed by atoms with Gasteiger partial charge in [-0.05, 0) is 42.1 Å². The lowest BCUT2D eigenvalue weighted by atomic mass is 10.1. The number of carbonyl (C=O) groups excluding carboxylic acids is 1. The number of benzene rings is 2. The van der Waals surface area contributed by atoms with E-state index in [0.29, 0.717) is 27.4 Å². The Labute approximate surface area is 172 Å². The van der Waals surface area contributed by atoms with E-state index >= 15 is 0 Å². The molecule has 1 saturated heterocycles. The molecule has 0 unspecified atom stereocenters. The van der Waals surface area contributed by atoms with Crippen LogP contribution in [0.2, 0.25) is 10.0 Å². The van der Waals surface area contributed by atoms with Crippen molar-refractivity contribution in [3.8, 4) is 0 Å². The van der Waals surface area contributed by atoms with E-state index in [4.69, 9.17) is 35.4 Å². The summed E-state index contributed by atoms with van der Waals surface area (Å²) in [6, 6.07) is 13.5. The molecule has 0 saturated carbocycles. The van der Waals surface area contributed by atoms with E-state index in [1.807, 2.05) is 48.7 Å². The van der Waals surface area contributed by atoms with Crippen molar-refractivity contribution in [2.24, 2.45) is 0 Å². The summed E-state index contributed by atoms with van der Waals surface area (Å²) in [5.74, 6) is -0.141. The zero-order valence-corrected chi connectivity index (χ0v) is 16.7. The fraction of sp³-hybridized carbons (Fsp3) is 0.100. The van der Waals surface area contributed by atoms with Gasteiger partial charge in [0.05, 0.1) is 0 Å². The molecule has 136 valence electrons. The Bertz CT molecular complexity index is 1120. The van der Waals surface area contributed by atoms with Crippen molar-refractivity contribution in [3.05, 3.63) is 75.5 Å². The Hall–Kier alpha value is -2.34. The zero-order valence-electron chi connectivity index (χ0n) is 14.4. The van der Waals surface area contributed by atoms with Gasteiger partial charge in [0.1, 0.15) is 5.70 Å². The molecule has 0 radical (unpaired) electrons. The molecule has 27 heavy (non-hydrogen) atoms. The lowest BCUT2D eigenvalue weighted by Crippen LogP contribution is -2.25. The molecule has 2 aromatic carbocycles. The Kier molecular flexibility index (Phi) is 4.68. The minimum absolute atomic E-state index is 0.141. The van der Waals surface area contributed by atoms with Crippen molar-refractivity contribution in [1.29, 1.82) is 0 Å². The third-order valence-electron chi connectivity index (χ3n) is 4.56. The molecule has 1 aromatic heterocycles. The molecule has 0 aliphatic carbocycles. The van der Waals surface area contributed by atoms with Gasteiger partial charge in [0.25, 0.3) is 5.91 Å². The highest BCUT2D eigenvalue weighted by Crippen LogP contribution is 2.27. The summed E-state index contributed by atoms with van der Waals surface area (Å²) in [5, 5.41) is 5.65. The lowest BCUT2D eigenvalue weighted by Gasteiger charge is -2.08. The van der Waals surface area contributed by atoms with Crippen LogP contribution in [-0.2, 0) is 11.3 Å². The Morgan fingerprint density at radius 1 is 1.19 bits per heavy atom. The average molecular weight is 416 g/mol. The van der Waals surface area contributed by atoms with Gasteiger partial charge in [-0.3, -0.25) is 9.69 Å². The molecule has 1 amide bonds. The number of hydrogen-bond acceptors (Lipinski definition) is 2. The number of para-hydroxylation sites is 1. The van der Waals surface area contributed by atoms with E-state index in [1.165, 1.54) is 4.90 Å². The maximum Gasteiger partial charge on any atom is 0.276 e. The first-order valence-corrected chi connectivity index (χ1v) is 9.43. The fourth-order valence-electron chi connectivity index (χ4n) is 3.13. The second kappa shape index (κ2) is 7.00. The van der Waals surface area contributed by atoms with Crippen molar-refractivity contribution >= 4 is 63.4 Å². The molecule has 0 bridgehead atoms. The average Bonchev–Trinajstić information content (AvgIpc) is 3.11. The van der Waals surface area contributed by atoms with Crippen LogP contribution in [0.5, 0.6) is 0 Å². The quantitative estimate of drug-likeness (QED) is 0.498. The lowest BCUT2D eigenvalue weighted by molar-refractivity contribution is -0.121. The Morgan fingerprint density at radius 3 is 2.67 bits per heavy atom. The minimum atomic E-state index is -0.141. The van der Waals surface area contributed by atoms with Crippen molar-refractivity contribution in [3.63, 3.8) is 0 Å². The van der Waals surface area contributed by atoms with Crippen molar-refractivity contribution in [2.75, 3.05) is 7.05 Å². The van der Waals surface area contributed by atoms with Crippen LogP contribution in [0.25, 0.3) is 17.0 Å². The molecule has 2 heterocycles. The monoisotopic (exact) mass is 415 g/mol. The van der Waals surface area contributed by atoms with E-state index in [1.54, 1.807) is 13.1 Å². The van der Waals surface area contributed by atoms with Crippen LogP contribution in [0.1, 0.15) is 11.1 Å². The summed E-state index contributed by atoms with van der Waals surface area (Å²) >= 11 is 17.5. The predicted octanol–water partition coefficient (Wildman–Crippen LogP) is 4.68. The van der Waals surface area contributed by atoms with Gasteiger partial charge in [-0.1, -0.05) is 47.5 Å².